The van der Waals surface area contributed by atoms with Crippen LogP contribution in [0, 0.1) is 71.5 Å². The minimum atomic E-state index is -3.65. The summed E-state index contributed by atoms with van der Waals surface area (Å²) in [7, 11) is -8.40. The lowest BCUT2D eigenvalue weighted by atomic mass is 10.1. The number of nitrogens with zero attached hydrogens (tertiary/aromatic N) is 8. The standard InChI is InChI=1S/3C27H24N2O5S.C20H15BrN2O5S.C7H10.CH4.H3P/c3*1-33-26-12-8-20(7-6-19-4-2-3-5-19)16-25(26)29-24-11-10-23(17-21(24)9-13-27(29)30)35(31,32)18-22-14-15-34-28-22;1-27-19-6-3-14(21)11-18(19)23-17-5-4-16(10-13(17)2-7-20(23)24)29(25,26)12-15-8-9-28-22-15;1-2-7-5-3-4-6-7;;/h3*8-17,19H,2-5,18H2,1H3;2-11H,12H2,1H3;1,7H,3-6H2;1H4;1H3. The van der Waals surface area contributed by atoms with Gasteiger partial charge in [0.2, 0.25) is 0 Å². The van der Waals surface area contributed by atoms with Crippen molar-refractivity contribution in [3.63, 3.8) is 0 Å². The first-order valence-corrected chi connectivity index (χ1v) is 53.1. The van der Waals surface area contributed by atoms with Gasteiger partial charge in [0.05, 0.1) is 116 Å². The number of pyridine rings is 4. The SMILES string of the molecule is C.C#CC1CCCC1.COc1ccc(Br)cc1-n1c(=O)ccc2cc(S(=O)(=O)Cc3ccon3)ccc21.COc1ccc(C#CC2CCCC2)cc1-n1c(=O)ccc2cc(S(=O)(=O)Cc3ccon3)ccc21.COc1ccc(C#CC2CCCC2)cc1-n1c(=O)ccc2cc(S(=O)(=O)Cc3ccon3)ccc21.COc1ccc(C#CC2CCCC2)cc1-n1c(=O)ccc2cc(S(=O)(=O)Cc3ccon3)ccc21.P. The van der Waals surface area contributed by atoms with E-state index in [1.807, 2.05) is 42.5 Å². The number of rotatable bonds is 20. The van der Waals surface area contributed by atoms with Crippen molar-refractivity contribution in [2.45, 2.75) is 153 Å². The van der Waals surface area contributed by atoms with Gasteiger partial charge in [0, 0.05) is 115 Å². The van der Waals surface area contributed by atoms with E-state index in [1.54, 1.807) is 124 Å². The summed E-state index contributed by atoms with van der Waals surface area (Å²) in [5.41, 5.74) is 7.16. The number of benzene rings is 8. The molecule has 16 aromatic rings. The molecule has 0 radical (unpaired) electrons. The summed E-state index contributed by atoms with van der Waals surface area (Å²) in [6.07, 6.45) is 29.8. The van der Waals surface area contributed by atoms with Gasteiger partial charge >= 0.3 is 0 Å². The van der Waals surface area contributed by atoms with Crippen LogP contribution in [0.1, 0.15) is 150 Å². The Bertz CT molecular complexity index is 7750. The van der Waals surface area contributed by atoms with Gasteiger partial charge in [0.1, 0.15) is 71.1 Å². The first-order chi connectivity index (χ1) is 68.1. The summed E-state index contributed by atoms with van der Waals surface area (Å²) in [5.74, 6) is 25.4. The zero-order valence-corrected chi connectivity index (χ0v) is 84.3. The lowest BCUT2D eigenvalue weighted by Crippen LogP contribution is -2.18. The summed E-state index contributed by atoms with van der Waals surface area (Å²) in [4.78, 5) is 52.2. The fourth-order valence-corrected chi connectivity index (χ4v) is 23.0. The minimum absolute atomic E-state index is 0. The number of fused-ring (bicyclic) bond motifs is 4. The Hall–Kier alpha value is -14.4. The van der Waals surface area contributed by atoms with Gasteiger partial charge in [0.25, 0.3) is 22.2 Å². The molecule has 8 aromatic heterocycles. The molecular weight excluding hydrogens is 1980 g/mol. The number of terminal acetylenes is 1. The molecule has 0 saturated heterocycles. The Labute approximate surface area is 839 Å². The number of aromatic nitrogens is 8. The van der Waals surface area contributed by atoms with Crippen LogP contribution >= 0.6 is 25.8 Å². The minimum Gasteiger partial charge on any atom is -0.495 e. The largest absolute Gasteiger partial charge is 0.495 e. The second-order valence-corrected chi connectivity index (χ2v) is 43.2. The van der Waals surface area contributed by atoms with Crippen molar-refractivity contribution in [2.75, 3.05) is 28.4 Å². The molecule has 4 saturated carbocycles. The molecule has 20 rings (SSSR count). The topological polar surface area (TPSA) is 366 Å². The summed E-state index contributed by atoms with van der Waals surface area (Å²) in [6, 6.07) is 58.9. The van der Waals surface area contributed by atoms with Crippen LogP contribution in [0.15, 0.2) is 305 Å². The van der Waals surface area contributed by atoms with E-state index in [9.17, 15) is 52.8 Å². The summed E-state index contributed by atoms with van der Waals surface area (Å²) < 4.78 is 151. The van der Waals surface area contributed by atoms with Gasteiger partial charge in [0.15, 0.2) is 39.3 Å². The third-order valence-corrected chi connectivity index (χ3v) is 31.9. The predicted molar refractivity (Wildman–Crippen MR) is 557 cm³/mol. The van der Waals surface area contributed by atoms with Crippen molar-refractivity contribution < 1.29 is 70.7 Å². The van der Waals surface area contributed by atoms with Gasteiger partial charge < -0.3 is 37.0 Å². The summed E-state index contributed by atoms with van der Waals surface area (Å²) in [6.45, 7) is 0. The lowest BCUT2D eigenvalue weighted by molar-refractivity contribution is 0.412. The maximum absolute atomic E-state index is 13.0. The first-order valence-electron chi connectivity index (χ1n) is 45.7. The number of halogens is 1. The van der Waals surface area contributed by atoms with E-state index in [4.69, 9.17) is 43.5 Å². The Morgan fingerprint density at radius 2 is 0.559 bits per heavy atom. The second-order valence-electron chi connectivity index (χ2n) is 34.3. The zero-order valence-electron chi connectivity index (χ0n) is 78.1. The Balaban J connectivity index is 0.000000147. The molecule has 1 atom stereocenters. The molecule has 8 heterocycles. The van der Waals surface area contributed by atoms with Crippen LogP contribution in [-0.2, 0) is 62.4 Å². The van der Waals surface area contributed by atoms with E-state index in [0.29, 0.717) is 136 Å². The average Bonchev–Trinajstić information content (AvgIpc) is 1.67. The number of hydrogen-bond acceptors (Lipinski definition) is 24. The van der Waals surface area contributed by atoms with Crippen LogP contribution in [0.4, 0.5) is 0 Å². The highest BCUT2D eigenvalue weighted by molar-refractivity contribution is 9.10. The monoisotopic (exact) mass is 2080 g/mol. The van der Waals surface area contributed by atoms with Crippen molar-refractivity contribution in [1.82, 2.24) is 38.9 Å². The fraction of sp³-hybridized carbons (Fsp3) is 0.266. The lowest BCUT2D eigenvalue weighted by Gasteiger charge is -2.15. The van der Waals surface area contributed by atoms with Gasteiger partial charge in [-0.3, -0.25) is 37.4 Å². The first kappa shape index (κ1) is 104. The molecule has 4 fully saturated rings. The zero-order chi connectivity index (χ0) is 99.0. The van der Waals surface area contributed by atoms with Crippen LogP contribution in [0.2, 0.25) is 0 Å². The second kappa shape index (κ2) is 47.0. The molecule has 1 unspecified atom stereocenters. The van der Waals surface area contributed by atoms with Crippen molar-refractivity contribution in [3.8, 4) is 93.6 Å². The Morgan fingerprint density at radius 3 is 0.783 bits per heavy atom. The molecule has 0 N–H and O–H groups in total. The molecule has 4 aliphatic carbocycles. The fourth-order valence-electron chi connectivity index (χ4n) is 17.5. The molecule has 143 heavy (non-hydrogen) atoms. The van der Waals surface area contributed by atoms with Gasteiger partial charge in [-0.15, -0.1) is 12.3 Å². The van der Waals surface area contributed by atoms with Crippen molar-refractivity contribution in [3.05, 3.63) is 329 Å². The van der Waals surface area contributed by atoms with Gasteiger partial charge in [-0.25, -0.2) is 33.7 Å². The molecule has 736 valence electrons. The highest BCUT2D eigenvalue weighted by atomic mass is 79.9. The number of methoxy groups -OCH3 is 4. The molecule has 8 aromatic carbocycles. The molecule has 34 heteroatoms. The van der Waals surface area contributed by atoms with Crippen LogP contribution in [0.5, 0.6) is 23.0 Å². The highest BCUT2D eigenvalue weighted by Crippen LogP contribution is 2.37. The predicted octanol–water partition coefficient (Wildman–Crippen LogP) is 19.7. The maximum atomic E-state index is 13.0. The van der Waals surface area contributed by atoms with Gasteiger partial charge in [-0.1, -0.05) is 131 Å². The summed E-state index contributed by atoms with van der Waals surface area (Å²) >= 11 is 3.41. The third kappa shape index (κ3) is 25.2. The van der Waals surface area contributed by atoms with E-state index < -0.39 is 39.3 Å². The number of hydrogen-bond donors (Lipinski definition) is 0. The Morgan fingerprint density at radius 1 is 0.322 bits per heavy atom. The third-order valence-electron chi connectivity index (χ3n) is 24.8. The van der Waals surface area contributed by atoms with Crippen molar-refractivity contribution >= 4 is 109 Å². The molecule has 28 nitrogen and oxygen atoms in total. The van der Waals surface area contributed by atoms with Crippen LogP contribution in [0.25, 0.3) is 66.4 Å². The van der Waals surface area contributed by atoms with E-state index >= 15 is 0 Å². The number of ether oxygens (including phenoxy) is 4. The van der Waals surface area contributed by atoms with Gasteiger partial charge in [-0.2, -0.15) is 9.90 Å². The molecular formula is C109H104BrN8O20PS4. The van der Waals surface area contributed by atoms with E-state index in [1.165, 1.54) is 187 Å². The van der Waals surface area contributed by atoms with E-state index in [2.05, 4.69) is 78.0 Å². The molecule has 0 aliphatic heterocycles. The van der Waals surface area contributed by atoms with E-state index in [0.717, 1.165) is 59.7 Å². The molecule has 0 spiro atoms. The van der Waals surface area contributed by atoms with Crippen LogP contribution < -0.4 is 41.2 Å². The quantitative estimate of drug-likeness (QED) is 0.0505. The molecule has 4 aliphatic rings. The smallest absolute Gasteiger partial charge is 0.255 e. The highest BCUT2D eigenvalue weighted by Gasteiger charge is 2.27. The maximum Gasteiger partial charge on any atom is 0.255 e. The van der Waals surface area contributed by atoms with Crippen molar-refractivity contribution in [1.29, 1.82) is 0 Å². The van der Waals surface area contributed by atoms with Crippen LogP contribution in [-0.4, -0.2) is 101 Å². The van der Waals surface area contributed by atoms with Crippen LogP contribution in [0.3, 0.4) is 0 Å². The average molecular weight is 2090 g/mol. The van der Waals surface area contributed by atoms with Gasteiger partial charge in [-0.05, 0) is 221 Å². The summed E-state index contributed by atoms with van der Waals surface area (Å²) in [5, 5.41) is 17.2. The number of sulfone groups is 4. The molecule has 0 amide bonds. The van der Waals surface area contributed by atoms with Crippen molar-refractivity contribution in [2.24, 2.45) is 23.7 Å². The normalized spacial score (nSPS) is 13.8. The molecule has 0 bridgehead atoms. The Kier molecular flexibility index (Phi) is 34.3. The van der Waals surface area contributed by atoms with E-state index in [-0.39, 0.29) is 82.2 Å².